The molecule has 0 bridgehead atoms. The van der Waals surface area contributed by atoms with Crippen molar-refractivity contribution in [3.8, 4) is 0 Å². The van der Waals surface area contributed by atoms with Crippen LogP contribution in [0.5, 0.6) is 0 Å². The molecule has 4 aliphatic rings. The van der Waals surface area contributed by atoms with Crippen molar-refractivity contribution in [1.82, 2.24) is 0 Å². The van der Waals surface area contributed by atoms with Crippen molar-refractivity contribution >= 4 is 0 Å². The van der Waals surface area contributed by atoms with E-state index in [9.17, 15) is 5.11 Å². The van der Waals surface area contributed by atoms with Crippen LogP contribution < -0.4 is 0 Å². The predicted molar refractivity (Wildman–Crippen MR) is 82.2 cm³/mol. The Morgan fingerprint density at radius 2 is 1.95 bits per heavy atom. The molecule has 0 heterocycles. The van der Waals surface area contributed by atoms with E-state index >= 15 is 0 Å². The Balaban J connectivity index is 1.72. The second kappa shape index (κ2) is 4.22. The lowest BCUT2D eigenvalue weighted by Gasteiger charge is -2.56. The van der Waals surface area contributed by atoms with Gasteiger partial charge in [0.15, 0.2) is 0 Å². The number of aliphatic hydroxyl groups is 1. The summed E-state index contributed by atoms with van der Waals surface area (Å²) < 4.78 is 0. The number of fused-ring (bicyclic) bond motifs is 5. The quantitative estimate of drug-likeness (QED) is 0.689. The van der Waals surface area contributed by atoms with Gasteiger partial charge in [-0.25, -0.2) is 0 Å². The van der Waals surface area contributed by atoms with Gasteiger partial charge in [-0.2, -0.15) is 0 Å². The third-order valence-corrected chi connectivity index (χ3v) is 7.60. The average Bonchev–Trinajstić information content (AvgIpc) is 2.74. The highest BCUT2D eigenvalue weighted by atomic mass is 16.3. The van der Waals surface area contributed by atoms with Crippen LogP contribution in [-0.2, 0) is 0 Å². The Kier molecular flexibility index (Phi) is 2.77. The van der Waals surface area contributed by atoms with Crippen LogP contribution in [0.3, 0.4) is 0 Å². The summed E-state index contributed by atoms with van der Waals surface area (Å²) in [5.41, 5.74) is 2.26. The maximum absolute atomic E-state index is 10.4. The Morgan fingerprint density at radius 3 is 2.80 bits per heavy atom. The normalized spacial score (nSPS) is 53.9. The van der Waals surface area contributed by atoms with Gasteiger partial charge in [0.25, 0.3) is 0 Å². The molecule has 110 valence electrons. The second-order valence-electron chi connectivity index (χ2n) is 8.27. The Bertz CT molecular complexity index is 476. The fourth-order valence-corrected chi connectivity index (χ4v) is 6.27. The molecule has 1 unspecified atom stereocenters. The highest BCUT2D eigenvalue weighted by Crippen LogP contribution is 2.64. The number of aliphatic hydroxyl groups excluding tert-OH is 1. The van der Waals surface area contributed by atoms with Crippen LogP contribution in [-0.4, -0.2) is 11.2 Å². The van der Waals surface area contributed by atoms with Crippen molar-refractivity contribution in [3.05, 3.63) is 23.8 Å². The topological polar surface area (TPSA) is 20.2 Å². The Morgan fingerprint density at radius 1 is 1.10 bits per heavy atom. The molecule has 0 radical (unpaired) electrons. The van der Waals surface area contributed by atoms with Crippen LogP contribution in [0.1, 0.15) is 58.8 Å². The first-order valence-electron chi connectivity index (χ1n) is 8.61. The molecule has 0 aromatic heterocycles. The molecule has 2 fully saturated rings. The van der Waals surface area contributed by atoms with Gasteiger partial charge < -0.3 is 5.11 Å². The molecule has 0 aromatic carbocycles. The fourth-order valence-electron chi connectivity index (χ4n) is 6.27. The lowest BCUT2D eigenvalue weighted by molar-refractivity contribution is -0.0624. The van der Waals surface area contributed by atoms with Gasteiger partial charge in [0.05, 0.1) is 6.10 Å². The molecule has 4 aliphatic carbocycles. The van der Waals surface area contributed by atoms with Crippen LogP contribution in [0.25, 0.3) is 0 Å². The van der Waals surface area contributed by atoms with Crippen LogP contribution in [0.15, 0.2) is 23.8 Å². The minimum absolute atomic E-state index is 0.0436. The van der Waals surface area contributed by atoms with E-state index in [0.29, 0.717) is 5.41 Å². The highest BCUT2D eigenvalue weighted by Gasteiger charge is 2.57. The van der Waals surface area contributed by atoms with Crippen molar-refractivity contribution in [1.29, 1.82) is 0 Å². The molecule has 4 rings (SSSR count). The number of hydrogen-bond acceptors (Lipinski definition) is 1. The summed E-state index contributed by atoms with van der Waals surface area (Å²) in [5, 5.41) is 10.4. The average molecular weight is 272 g/mol. The number of hydrogen-bond donors (Lipinski definition) is 1. The standard InChI is InChI=1S/C19H28O/c1-18-11-4-3-5-13(18)6-7-14-15-8-9-17(20)19(15,2)12-10-16(14)18/h3,5-6,14-17,20H,4,7-12H2,1-2H3/t14-,15-,16-,17?,18-,19-/m0/s1. The molecule has 0 spiro atoms. The Hall–Kier alpha value is -0.560. The third-order valence-electron chi connectivity index (χ3n) is 7.60. The van der Waals surface area contributed by atoms with Gasteiger partial charge in [0.2, 0.25) is 0 Å². The van der Waals surface area contributed by atoms with Crippen molar-refractivity contribution in [3.63, 3.8) is 0 Å². The summed E-state index contributed by atoms with van der Waals surface area (Å²) in [5.74, 6) is 2.44. The van der Waals surface area contributed by atoms with Crippen molar-refractivity contribution < 1.29 is 5.11 Å². The molecule has 20 heavy (non-hydrogen) atoms. The van der Waals surface area contributed by atoms with E-state index < -0.39 is 0 Å². The molecule has 1 heteroatoms. The van der Waals surface area contributed by atoms with Gasteiger partial charge >= 0.3 is 0 Å². The zero-order chi connectivity index (χ0) is 14.0. The van der Waals surface area contributed by atoms with E-state index in [1.807, 2.05) is 0 Å². The van der Waals surface area contributed by atoms with E-state index in [-0.39, 0.29) is 11.5 Å². The Labute approximate surface area is 123 Å². The molecule has 0 amide bonds. The van der Waals surface area contributed by atoms with E-state index in [1.165, 1.54) is 38.5 Å². The molecule has 0 aromatic rings. The third kappa shape index (κ3) is 1.53. The van der Waals surface area contributed by atoms with Gasteiger partial charge in [0.1, 0.15) is 0 Å². The second-order valence-corrected chi connectivity index (χ2v) is 8.27. The summed E-state index contributed by atoms with van der Waals surface area (Å²) >= 11 is 0. The molecule has 1 N–H and O–H groups in total. The van der Waals surface area contributed by atoms with Crippen LogP contribution >= 0.6 is 0 Å². The van der Waals surface area contributed by atoms with Gasteiger partial charge in [0, 0.05) is 0 Å². The fraction of sp³-hybridized carbons (Fsp3) is 0.789. The molecule has 1 nitrogen and oxygen atoms in total. The zero-order valence-corrected chi connectivity index (χ0v) is 12.9. The molecule has 0 saturated heterocycles. The maximum atomic E-state index is 10.4. The van der Waals surface area contributed by atoms with Gasteiger partial charge in [-0.3, -0.25) is 0 Å². The zero-order valence-electron chi connectivity index (χ0n) is 12.9. The summed E-state index contributed by atoms with van der Waals surface area (Å²) in [6.45, 7) is 4.89. The van der Waals surface area contributed by atoms with E-state index in [0.717, 1.165) is 24.2 Å². The lowest BCUT2D eigenvalue weighted by Crippen LogP contribution is -2.49. The first kappa shape index (κ1) is 13.1. The molecule has 2 saturated carbocycles. The molecule has 0 aliphatic heterocycles. The van der Waals surface area contributed by atoms with Crippen molar-refractivity contribution in [2.75, 3.05) is 0 Å². The molecule has 6 atom stereocenters. The van der Waals surface area contributed by atoms with Crippen LogP contribution in [0.4, 0.5) is 0 Å². The lowest BCUT2D eigenvalue weighted by atomic mass is 9.49. The predicted octanol–water partition coefficient (Wildman–Crippen LogP) is 4.48. The molecular weight excluding hydrogens is 244 g/mol. The first-order valence-corrected chi connectivity index (χ1v) is 8.61. The monoisotopic (exact) mass is 272 g/mol. The minimum Gasteiger partial charge on any atom is -0.393 e. The van der Waals surface area contributed by atoms with Gasteiger partial charge in [-0.1, -0.05) is 32.1 Å². The summed E-state index contributed by atoms with van der Waals surface area (Å²) in [7, 11) is 0. The summed E-state index contributed by atoms with van der Waals surface area (Å²) in [4.78, 5) is 0. The van der Waals surface area contributed by atoms with Crippen LogP contribution in [0, 0.1) is 28.6 Å². The van der Waals surface area contributed by atoms with Crippen molar-refractivity contribution in [2.45, 2.75) is 64.9 Å². The van der Waals surface area contributed by atoms with E-state index in [1.54, 1.807) is 5.57 Å². The molecular formula is C19H28O. The number of allylic oxidation sites excluding steroid dienone is 4. The van der Waals surface area contributed by atoms with Gasteiger partial charge in [-0.05, 0) is 79.1 Å². The van der Waals surface area contributed by atoms with Gasteiger partial charge in [-0.15, -0.1) is 0 Å². The summed E-state index contributed by atoms with van der Waals surface area (Å²) in [6, 6.07) is 0. The SMILES string of the molecule is C[C@]12CCC=CC1=CC[C@@H]1[C@@H]2CC[C@]2(C)C(O)CC[C@@H]12. The van der Waals surface area contributed by atoms with Crippen LogP contribution in [0.2, 0.25) is 0 Å². The number of rotatable bonds is 0. The van der Waals surface area contributed by atoms with Crippen molar-refractivity contribution in [2.24, 2.45) is 28.6 Å². The summed E-state index contributed by atoms with van der Waals surface area (Å²) in [6.07, 6.45) is 16.0. The van der Waals surface area contributed by atoms with E-state index in [4.69, 9.17) is 0 Å². The highest BCUT2D eigenvalue weighted by molar-refractivity contribution is 5.34. The smallest absolute Gasteiger partial charge is 0.0596 e. The van der Waals surface area contributed by atoms with E-state index in [2.05, 4.69) is 32.1 Å². The maximum Gasteiger partial charge on any atom is 0.0596 e. The largest absolute Gasteiger partial charge is 0.393 e. The first-order chi connectivity index (χ1) is 9.56. The minimum atomic E-state index is -0.0436.